The van der Waals surface area contributed by atoms with Crippen molar-refractivity contribution in [3.05, 3.63) is 29.8 Å². The molecule has 0 aromatic heterocycles. The van der Waals surface area contributed by atoms with Crippen LogP contribution in [0.2, 0.25) is 0 Å². The van der Waals surface area contributed by atoms with Crippen LogP contribution in [0, 0.1) is 5.92 Å². The highest BCUT2D eigenvalue weighted by atomic mass is 32.2. The molecule has 1 aromatic carbocycles. The molecule has 1 aromatic rings. The van der Waals surface area contributed by atoms with Gasteiger partial charge in [0.2, 0.25) is 0 Å². The fraction of sp³-hybridized carbons (Fsp3) is 0.500. The van der Waals surface area contributed by atoms with Gasteiger partial charge in [0.15, 0.2) is 0 Å². The summed E-state index contributed by atoms with van der Waals surface area (Å²) in [5, 5.41) is 9.75. The van der Waals surface area contributed by atoms with Gasteiger partial charge in [0.05, 0.1) is 5.92 Å². The number of benzene rings is 1. The molecular weight excluding hydrogens is 232 g/mol. The van der Waals surface area contributed by atoms with E-state index in [-0.39, 0.29) is 5.92 Å². The van der Waals surface area contributed by atoms with E-state index in [1.54, 1.807) is 11.8 Å². The summed E-state index contributed by atoms with van der Waals surface area (Å²) < 4.78 is 0. The molecule has 0 bridgehead atoms. The Morgan fingerprint density at radius 1 is 1.12 bits per heavy atom. The molecule has 0 saturated heterocycles. The molecule has 2 nitrogen and oxygen atoms in total. The molecular formula is C14H20O2S. The number of carbonyl (C=O) groups is 1. The number of carboxylic acids is 1. The molecule has 1 rings (SSSR count). The van der Waals surface area contributed by atoms with Gasteiger partial charge in [-0.15, -0.1) is 11.8 Å². The number of carboxylic acid groups (broad SMARTS) is 1. The summed E-state index contributed by atoms with van der Waals surface area (Å²) in [5.41, 5.74) is 0.889. The number of rotatable bonds is 5. The summed E-state index contributed by atoms with van der Waals surface area (Å²) in [6.07, 6.45) is 0. The molecule has 1 atom stereocenters. The van der Waals surface area contributed by atoms with E-state index in [1.807, 2.05) is 38.1 Å². The Bertz CT molecular complexity index is 368. The number of hydrogen-bond donors (Lipinski definition) is 1. The second kappa shape index (κ2) is 6.10. The third-order valence-corrected chi connectivity index (χ3v) is 3.56. The van der Waals surface area contributed by atoms with Crippen LogP contribution in [0.3, 0.4) is 0 Å². The zero-order valence-corrected chi connectivity index (χ0v) is 11.6. The van der Waals surface area contributed by atoms with Gasteiger partial charge >= 0.3 is 5.97 Å². The average molecular weight is 252 g/mol. The lowest BCUT2D eigenvalue weighted by molar-refractivity contribution is -0.139. The smallest absolute Gasteiger partial charge is 0.311 e. The average Bonchev–Trinajstić information content (AvgIpc) is 2.18. The Balaban J connectivity index is 2.88. The third kappa shape index (κ3) is 4.08. The number of thioether (sulfide) groups is 1. The van der Waals surface area contributed by atoms with Crippen LogP contribution in [0.1, 0.15) is 39.2 Å². The van der Waals surface area contributed by atoms with Gasteiger partial charge in [-0.25, -0.2) is 0 Å². The Morgan fingerprint density at radius 2 is 1.65 bits per heavy atom. The summed E-state index contributed by atoms with van der Waals surface area (Å²) in [6.45, 7) is 8.17. The maximum absolute atomic E-state index is 11.2. The topological polar surface area (TPSA) is 37.3 Å². The third-order valence-electron chi connectivity index (χ3n) is 2.54. The highest BCUT2D eigenvalue weighted by molar-refractivity contribution is 7.99. The molecule has 94 valence electrons. The Morgan fingerprint density at radius 3 is 2.00 bits per heavy atom. The van der Waals surface area contributed by atoms with Gasteiger partial charge < -0.3 is 5.11 Å². The summed E-state index contributed by atoms with van der Waals surface area (Å²) >= 11 is 1.79. The van der Waals surface area contributed by atoms with E-state index in [4.69, 9.17) is 0 Å². The molecule has 0 aliphatic carbocycles. The highest BCUT2D eigenvalue weighted by Gasteiger charge is 2.23. The van der Waals surface area contributed by atoms with E-state index in [0.29, 0.717) is 5.25 Å². The van der Waals surface area contributed by atoms with Crippen molar-refractivity contribution in [3.63, 3.8) is 0 Å². The molecule has 0 saturated carbocycles. The van der Waals surface area contributed by atoms with E-state index in [0.717, 1.165) is 5.56 Å². The van der Waals surface area contributed by atoms with Crippen LogP contribution in [0.25, 0.3) is 0 Å². The van der Waals surface area contributed by atoms with Gasteiger partial charge in [0.1, 0.15) is 0 Å². The van der Waals surface area contributed by atoms with Crippen LogP contribution in [0.4, 0.5) is 0 Å². The molecule has 0 aliphatic rings. The van der Waals surface area contributed by atoms with Gasteiger partial charge in [0.25, 0.3) is 0 Å². The summed E-state index contributed by atoms with van der Waals surface area (Å²) in [4.78, 5) is 12.4. The van der Waals surface area contributed by atoms with Crippen LogP contribution in [-0.2, 0) is 4.79 Å². The van der Waals surface area contributed by atoms with Crippen molar-refractivity contribution in [1.82, 2.24) is 0 Å². The first kappa shape index (κ1) is 14.1. The van der Waals surface area contributed by atoms with Crippen LogP contribution in [-0.4, -0.2) is 16.3 Å². The first-order valence-corrected chi connectivity index (χ1v) is 6.79. The van der Waals surface area contributed by atoms with Crippen molar-refractivity contribution in [3.8, 4) is 0 Å². The molecule has 1 N–H and O–H groups in total. The zero-order valence-electron chi connectivity index (χ0n) is 10.8. The molecule has 0 amide bonds. The predicted octanol–water partition coefficient (Wildman–Crippen LogP) is 4.01. The van der Waals surface area contributed by atoms with Crippen molar-refractivity contribution >= 4 is 17.7 Å². The van der Waals surface area contributed by atoms with Crippen molar-refractivity contribution in [2.75, 3.05) is 0 Å². The second-order valence-electron chi connectivity index (χ2n) is 4.80. The fourth-order valence-corrected chi connectivity index (χ4v) is 2.68. The molecule has 0 spiro atoms. The minimum Gasteiger partial charge on any atom is -0.481 e. The standard InChI is InChI=1S/C14H20O2S/c1-9(2)13(14(15)16)11-5-7-12(8-6-11)17-10(3)4/h5-10,13H,1-4H3,(H,15,16). The van der Waals surface area contributed by atoms with Crippen LogP contribution >= 0.6 is 11.8 Å². The lowest BCUT2D eigenvalue weighted by Crippen LogP contribution is -2.17. The number of aliphatic carboxylic acids is 1. The van der Waals surface area contributed by atoms with Crippen LogP contribution < -0.4 is 0 Å². The zero-order chi connectivity index (χ0) is 13.0. The quantitative estimate of drug-likeness (QED) is 0.804. The maximum atomic E-state index is 11.2. The van der Waals surface area contributed by atoms with Gasteiger partial charge in [0, 0.05) is 10.1 Å². The van der Waals surface area contributed by atoms with E-state index >= 15 is 0 Å². The molecule has 0 fully saturated rings. The van der Waals surface area contributed by atoms with Gasteiger partial charge in [-0.3, -0.25) is 4.79 Å². The molecule has 0 radical (unpaired) electrons. The van der Waals surface area contributed by atoms with E-state index < -0.39 is 11.9 Å². The minimum atomic E-state index is -0.746. The lowest BCUT2D eigenvalue weighted by Gasteiger charge is -2.17. The first-order chi connectivity index (χ1) is 7.91. The maximum Gasteiger partial charge on any atom is 0.311 e. The normalized spacial score (nSPS) is 13.1. The highest BCUT2D eigenvalue weighted by Crippen LogP contribution is 2.28. The SMILES string of the molecule is CC(C)Sc1ccc(C(C(=O)O)C(C)C)cc1. The fourth-order valence-electron chi connectivity index (χ4n) is 1.84. The predicted molar refractivity (Wildman–Crippen MR) is 72.6 cm³/mol. The minimum absolute atomic E-state index is 0.108. The van der Waals surface area contributed by atoms with Crippen LogP contribution in [0.15, 0.2) is 29.2 Å². The lowest BCUT2D eigenvalue weighted by atomic mass is 9.89. The Kier molecular flexibility index (Phi) is 5.06. The Hall–Kier alpha value is -0.960. The first-order valence-electron chi connectivity index (χ1n) is 5.91. The Labute approximate surface area is 107 Å². The molecule has 0 aliphatic heterocycles. The van der Waals surface area contributed by atoms with Gasteiger partial charge in [-0.05, 0) is 23.6 Å². The molecule has 3 heteroatoms. The monoisotopic (exact) mass is 252 g/mol. The molecule has 17 heavy (non-hydrogen) atoms. The molecule has 0 heterocycles. The molecule has 1 unspecified atom stereocenters. The van der Waals surface area contributed by atoms with E-state index in [9.17, 15) is 9.90 Å². The number of hydrogen-bond acceptors (Lipinski definition) is 2. The van der Waals surface area contributed by atoms with Gasteiger partial charge in [-0.2, -0.15) is 0 Å². The van der Waals surface area contributed by atoms with Gasteiger partial charge in [-0.1, -0.05) is 39.8 Å². The van der Waals surface area contributed by atoms with Crippen molar-refractivity contribution in [2.24, 2.45) is 5.92 Å². The summed E-state index contributed by atoms with van der Waals surface area (Å²) in [7, 11) is 0. The largest absolute Gasteiger partial charge is 0.481 e. The van der Waals surface area contributed by atoms with Crippen molar-refractivity contribution in [2.45, 2.75) is 43.8 Å². The van der Waals surface area contributed by atoms with Crippen molar-refractivity contribution < 1.29 is 9.90 Å². The second-order valence-corrected chi connectivity index (χ2v) is 6.45. The summed E-state index contributed by atoms with van der Waals surface area (Å²) in [5.74, 6) is -1.05. The summed E-state index contributed by atoms with van der Waals surface area (Å²) in [6, 6.07) is 7.89. The van der Waals surface area contributed by atoms with E-state index in [1.165, 1.54) is 4.90 Å². The van der Waals surface area contributed by atoms with Crippen LogP contribution in [0.5, 0.6) is 0 Å². The van der Waals surface area contributed by atoms with Crippen molar-refractivity contribution in [1.29, 1.82) is 0 Å². The van der Waals surface area contributed by atoms with E-state index in [2.05, 4.69) is 13.8 Å².